The third-order valence-corrected chi connectivity index (χ3v) is 4.51. The molecule has 0 radical (unpaired) electrons. The van der Waals surface area contributed by atoms with Crippen LogP contribution in [0.15, 0.2) is 10.7 Å². The maximum atomic E-state index is 12.1. The number of carbonyl (C=O) groups is 1. The van der Waals surface area contributed by atoms with Crippen molar-refractivity contribution in [2.24, 2.45) is 0 Å². The van der Waals surface area contributed by atoms with Gasteiger partial charge >= 0.3 is 0 Å². The highest BCUT2D eigenvalue weighted by atomic mass is 79.9. The van der Waals surface area contributed by atoms with E-state index in [-0.39, 0.29) is 11.4 Å². The number of nitrogens with one attached hydrogen (secondary N) is 1. The second-order valence-electron chi connectivity index (χ2n) is 4.72. The van der Waals surface area contributed by atoms with E-state index in [0.717, 1.165) is 18.2 Å². The SMILES string of the molecule is Cc1oncc1C(=O)NC1(CBr)CCCCC1. The van der Waals surface area contributed by atoms with E-state index < -0.39 is 0 Å². The molecule has 0 aliphatic heterocycles. The van der Waals surface area contributed by atoms with Gasteiger partial charge in [0.1, 0.15) is 11.3 Å². The normalized spacial score (nSPS) is 18.9. The summed E-state index contributed by atoms with van der Waals surface area (Å²) < 4.78 is 4.92. The van der Waals surface area contributed by atoms with Crippen molar-refractivity contribution in [2.45, 2.75) is 44.6 Å². The molecular weight excluding hydrogens is 284 g/mol. The van der Waals surface area contributed by atoms with Crippen LogP contribution in [0.4, 0.5) is 0 Å². The van der Waals surface area contributed by atoms with Gasteiger partial charge in [-0.3, -0.25) is 4.79 Å². The molecule has 94 valence electrons. The summed E-state index contributed by atoms with van der Waals surface area (Å²) in [6.45, 7) is 1.75. The summed E-state index contributed by atoms with van der Waals surface area (Å²) in [5.41, 5.74) is 0.440. The fourth-order valence-corrected chi connectivity index (χ4v) is 3.05. The van der Waals surface area contributed by atoms with Crippen molar-refractivity contribution in [3.05, 3.63) is 17.5 Å². The Hall–Kier alpha value is -0.840. The number of alkyl halides is 1. The summed E-state index contributed by atoms with van der Waals surface area (Å²) in [4.78, 5) is 12.1. The maximum Gasteiger partial charge on any atom is 0.256 e. The monoisotopic (exact) mass is 300 g/mol. The molecule has 4 nitrogen and oxygen atoms in total. The molecule has 5 heteroatoms. The van der Waals surface area contributed by atoms with E-state index >= 15 is 0 Å². The van der Waals surface area contributed by atoms with Crippen LogP contribution in [0.25, 0.3) is 0 Å². The number of carbonyl (C=O) groups excluding carboxylic acids is 1. The highest BCUT2D eigenvalue weighted by molar-refractivity contribution is 9.09. The fraction of sp³-hybridized carbons (Fsp3) is 0.667. The first-order valence-electron chi connectivity index (χ1n) is 5.97. The molecule has 0 atom stereocenters. The van der Waals surface area contributed by atoms with Crippen molar-refractivity contribution < 1.29 is 9.32 Å². The standard InChI is InChI=1S/C12H17BrN2O2/c1-9-10(7-14-17-9)11(16)15-12(8-13)5-3-2-4-6-12/h7H,2-6,8H2,1H3,(H,15,16). The van der Waals surface area contributed by atoms with Crippen molar-refractivity contribution in [3.8, 4) is 0 Å². The van der Waals surface area contributed by atoms with Crippen molar-refractivity contribution in [2.75, 3.05) is 5.33 Å². The Balaban J connectivity index is 2.08. The van der Waals surface area contributed by atoms with Gasteiger partial charge in [-0.15, -0.1) is 0 Å². The smallest absolute Gasteiger partial charge is 0.256 e. The average molecular weight is 301 g/mol. The summed E-state index contributed by atoms with van der Waals surface area (Å²) >= 11 is 3.52. The first kappa shape index (κ1) is 12.6. The zero-order valence-electron chi connectivity index (χ0n) is 9.96. The molecule has 1 fully saturated rings. The van der Waals surface area contributed by atoms with Gasteiger partial charge in [0.15, 0.2) is 0 Å². The lowest BCUT2D eigenvalue weighted by Crippen LogP contribution is -2.51. The lowest BCUT2D eigenvalue weighted by Gasteiger charge is -2.36. The highest BCUT2D eigenvalue weighted by Crippen LogP contribution is 2.30. The predicted octanol–water partition coefficient (Wildman–Crippen LogP) is 2.81. The lowest BCUT2D eigenvalue weighted by molar-refractivity contribution is 0.0885. The van der Waals surface area contributed by atoms with Crippen LogP contribution in [-0.2, 0) is 0 Å². The van der Waals surface area contributed by atoms with Gasteiger partial charge in [0.25, 0.3) is 5.91 Å². The average Bonchev–Trinajstić information content (AvgIpc) is 2.77. The van der Waals surface area contributed by atoms with Crippen LogP contribution < -0.4 is 5.32 Å². The number of amides is 1. The molecule has 2 rings (SSSR count). The molecule has 1 saturated carbocycles. The summed E-state index contributed by atoms with van der Waals surface area (Å²) in [6, 6.07) is 0. The molecule has 0 spiro atoms. The molecule has 0 bridgehead atoms. The Morgan fingerprint density at radius 1 is 1.53 bits per heavy atom. The molecule has 1 aromatic rings. The van der Waals surface area contributed by atoms with Crippen LogP contribution >= 0.6 is 15.9 Å². The molecular formula is C12H17BrN2O2. The van der Waals surface area contributed by atoms with E-state index in [1.54, 1.807) is 6.92 Å². The lowest BCUT2D eigenvalue weighted by atomic mass is 9.83. The highest BCUT2D eigenvalue weighted by Gasteiger charge is 2.33. The van der Waals surface area contributed by atoms with Crippen molar-refractivity contribution in [1.29, 1.82) is 0 Å². The Bertz CT molecular complexity index is 397. The van der Waals surface area contributed by atoms with Gasteiger partial charge in [-0.2, -0.15) is 0 Å². The zero-order chi connectivity index (χ0) is 12.3. The molecule has 0 aromatic carbocycles. The molecule has 17 heavy (non-hydrogen) atoms. The van der Waals surface area contributed by atoms with Crippen molar-refractivity contribution in [3.63, 3.8) is 0 Å². The number of nitrogens with zero attached hydrogens (tertiary/aromatic N) is 1. The van der Waals surface area contributed by atoms with Gasteiger partial charge in [0.2, 0.25) is 0 Å². The van der Waals surface area contributed by atoms with Gasteiger partial charge in [-0.25, -0.2) is 0 Å². The molecule has 1 amide bonds. The molecule has 0 unspecified atom stereocenters. The molecule has 1 N–H and O–H groups in total. The molecule has 1 aliphatic rings. The zero-order valence-corrected chi connectivity index (χ0v) is 11.5. The summed E-state index contributed by atoms with van der Waals surface area (Å²) in [5, 5.41) is 7.58. The number of aryl methyl sites for hydroxylation is 1. The number of aromatic nitrogens is 1. The topological polar surface area (TPSA) is 55.1 Å². The molecule has 0 saturated heterocycles. The van der Waals surface area contributed by atoms with E-state index in [0.29, 0.717) is 11.3 Å². The Morgan fingerprint density at radius 2 is 2.24 bits per heavy atom. The minimum absolute atomic E-state index is 0.0786. The van der Waals surface area contributed by atoms with E-state index in [1.807, 2.05) is 0 Å². The summed E-state index contributed by atoms with van der Waals surface area (Å²) in [7, 11) is 0. The number of rotatable bonds is 3. The number of hydrogen-bond donors (Lipinski definition) is 1. The largest absolute Gasteiger partial charge is 0.361 e. The van der Waals surface area contributed by atoms with Crippen LogP contribution in [-0.4, -0.2) is 21.9 Å². The van der Waals surface area contributed by atoms with E-state index in [9.17, 15) is 4.79 Å². The molecule has 1 aliphatic carbocycles. The third-order valence-electron chi connectivity index (χ3n) is 3.44. The van der Waals surface area contributed by atoms with Crippen LogP contribution in [0.5, 0.6) is 0 Å². The minimum atomic E-state index is -0.0982. The van der Waals surface area contributed by atoms with E-state index in [4.69, 9.17) is 4.52 Å². The Kier molecular flexibility index (Phi) is 3.86. The van der Waals surface area contributed by atoms with E-state index in [2.05, 4.69) is 26.4 Å². The fourth-order valence-electron chi connectivity index (χ4n) is 2.35. The van der Waals surface area contributed by atoms with Crippen LogP contribution in [0.3, 0.4) is 0 Å². The Morgan fingerprint density at radius 3 is 2.76 bits per heavy atom. The number of hydrogen-bond acceptors (Lipinski definition) is 3. The van der Waals surface area contributed by atoms with E-state index in [1.165, 1.54) is 25.5 Å². The van der Waals surface area contributed by atoms with Gasteiger partial charge in [0.05, 0.1) is 11.7 Å². The van der Waals surface area contributed by atoms with Gasteiger partial charge < -0.3 is 9.84 Å². The van der Waals surface area contributed by atoms with Gasteiger partial charge in [-0.05, 0) is 19.8 Å². The second-order valence-corrected chi connectivity index (χ2v) is 5.29. The van der Waals surface area contributed by atoms with Crippen molar-refractivity contribution in [1.82, 2.24) is 10.5 Å². The Labute approximate surface area is 109 Å². The van der Waals surface area contributed by atoms with Crippen LogP contribution in [0.2, 0.25) is 0 Å². The minimum Gasteiger partial charge on any atom is -0.361 e. The van der Waals surface area contributed by atoms with Crippen LogP contribution in [0, 0.1) is 6.92 Å². The molecule has 1 heterocycles. The second kappa shape index (κ2) is 5.21. The van der Waals surface area contributed by atoms with Crippen molar-refractivity contribution >= 4 is 21.8 Å². The summed E-state index contributed by atoms with van der Waals surface area (Å²) in [5.74, 6) is 0.494. The van der Waals surface area contributed by atoms with Gasteiger partial charge in [-0.1, -0.05) is 40.3 Å². The first-order chi connectivity index (χ1) is 8.17. The van der Waals surface area contributed by atoms with Crippen LogP contribution in [0.1, 0.15) is 48.2 Å². The third kappa shape index (κ3) is 2.70. The predicted molar refractivity (Wildman–Crippen MR) is 68.3 cm³/mol. The first-order valence-corrected chi connectivity index (χ1v) is 7.09. The summed E-state index contributed by atoms with van der Waals surface area (Å²) in [6.07, 6.45) is 7.16. The van der Waals surface area contributed by atoms with Gasteiger partial charge in [0, 0.05) is 5.33 Å². The maximum absolute atomic E-state index is 12.1. The number of halogens is 1. The quantitative estimate of drug-likeness (QED) is 0.873. The molecule has 1 aromatic heterocycles.